The van der Waals surface area contributed by atoms with Crippen molar-refractivity contribution in [3.05, 3.63) is 89.8 Å². The molecule has 0 radical (unpaired) electrons. The van der Waals surface area contributed by atoms with Crippen LogP contribution in [0.25, 0.3) is 0 Å². The Bertz CT molecular complexity index is 1420. The summed E-state index contributed by atoms with van der Waals surface area (Å²) in [5.74, 6) is 0.308. The number of nitrogens with zero attached hydrogens (tertiary/aromatic N) is 3. The van der Waals surface area contributed by atoms with Gasteiger partial charge in [0.2, 0.25) is 0 Å². The molecule has 0 saturated carbocycles. The molecule has 3 N–H and O–H groups in total. The van der Waals surface area contributed by atoms with E-state index < -0.39 is 21.6 Å². The maximum absolute atomic E-state index is 14.4. The molecular formula is C23H21FN6O3S. The van der Waals surface area contributed by atoms with Crippen molar-refractivity contribution in [2.45, 2.75) is 17.7 Å². The predicted molar refractivity (Wildman–Crippen MR) is 125 cm³/mol. The Kier molecular flexibility index (Phi) is 6.64. The number of rotatable bonds is 8. The highest BCUT2D eigenvalue weighted by atomic mass is 32.2. The van der Waals surface area contributed by atoms with Crippen molar-refractivity contribution in [2.24, 2.45) is 0 Å². The van der Waals surface area contributed by atoms with E-state index in [1.165, 1.54) is 36.4 Å². The van der Waals surface area contributed by atoms with Crippen molar-refractivity contribution in [1.82, 2.24) is 20.2 Å². The second-order valence-electron chi connectivity index (χ2n) is 7.55. The number of carbonyl (C=O) groups is 1. The molecule has 2 aromatic heterocycles. The van der Waals surface area contributed by atoms with Crippen LogP contribution in [-0.4, -0.2) is 40.7 Å². The second kappa shape index (κ2) is 9.79. The topological polar surface area (TPSA) is 130 Å². The van der Waals surface area contributed by atoms with Gasteiger partial charge in [-0.1, -0.05) is 6.07 Å². The fraction of sp³-hybridized carbons (Fsp3) is 0.130. The summed E-state index contributed by atoms with van der Waals surface area (Å²) >= 11 is 0. The third-order valence-corrected chi connectivity index (χ3v) is 6.05. The molecule has 4 aromatic rings. The Morgan fingerprint density at radius 1 is 1.09 bits per heavy atom. The number of hydrogen-bond donors (Lipinski definition) is 3. The number of carbonyl (C=O) groups excluding carboxylic acids is 1. The highest BCUT2D eigenvalue weighted by Gasteiger charge is 2.13. The van der Waals surface area contributed by atoms with Gasteiger partial charge in [0.1, 0.15) is 17.5 Å². The number of benzene rings is 2. The van der Waals surface area contributed by atoms with Crippen LogP contribution in [0.15, 0.2) is 72.0 Å². The molecule has 0 aliphatic carbocycles. The maximum atomic E-state index is 14.4. The molecule has 9 nitrogen and oxygen atoms in total. The molecular weight excluding hydrogens is 459 g/mol. The monoisotopic (exact) mass is 480 g/mol. The summed E-state index contributed by atoms with van der Waals surface area (Å²) in [5, 5.41) is 12.8. The van der Waals surface area contributed by atoms with Gasteiger partial charge in [0.25, 0.3) is 5.91 Å². The minimum atomic E-state index is -3.44. The fourth-order valence-corrected chi connectivity index (χ4v) is 3.90. The minimum absolute atomic E-state index is 0.0483. The van der Waals surface area contributed by atoms with Crippen LogP contribution in [0.1, 0.15) is 21.6 Å². The molecule has 2 heterocycles. The molecule has 0 aliphatic heterocycles. The lowest BCUT2D eigenvalue weighted by molar-refractivity contribution is 0.102. The molecule has 0 saturated heterocycles. The lowest BCUT2D eigenvalue weighted by Crippen LogP contribution is -2.13. The summed E-state index contributed by atoms with van der Waals surface area (Å²) in [5.41, 5.74) is 1.72. The molecule has 0 unspecified atom stereocenters. The number of nitrogens with one attached hydrogen (secondary N) is 3. The standard InChI is InChI=1S/C23H21FN6O3S/c1-34(32,33)19-4-2-3-16(12-19)23(31)27-17-7-8-20(24)15(11-17)5-6-18-13-21(30-29-18)28-22-14-25-9-10-26-22/h2-4,7-14H,5-6H2,1H3,(H,27,31)(H2,26,28,29,30). The Morgan fingerprint density at radius 2 is 1.94 bits per heavy atom. The smallest absolute Gasteiger partial charge is 0.255 e. The first kappa shape index (κ1) is 23.1. The van der Waals surface area contributed by atoms with Crippen molar-refractivity contribution in [3.8, 4) is 0 Å². The largest absolute Gasteiger partial charge is 0.324 e. The van der Waals surface area contributed by atoms with Crippen molar-refractivity contribution >= 4 is 33.1 Å². The van der Waals surface area contributed by atoms with Gasteiger partial charge in [-0.25, -0.2) is 17.8 Å². The van der Waals surface area contributed by atoms with Gasteiger partial charge in [-0.15, -0.1) is 0 Å². The number of halogens is 1. The molecule has 11 heteroatoms. The Labute approximate surface area is 195 Å². The number of amides is 1. The van der Waals surface area contributed by atoms with E-state index in [0.717, 1.165) is 11.9 Å². The van der Waals surface area contributed by atoms with E-state index in [4.69, 9.17) is 0 Å². The average Bonchev–Trinajstić information content (AvgIpc) is 3.26. The van der Waals surface area contributed by atoms with E-state index in [0.29, 0.717) is 35.7 Å². The summed E-state index contributed by atoms with van der Waals surface area (Å²) in [7, 11) is -3.44. The number of aryl methyl sites for hydroxylation is 2. The Hall–Kier alpha value is -4.12. The second-order valence-corrected chi connectivity index (χ2v) is 9.56. The van der Waals surface area contributed by atoms with Gasteiger partial charge in [0.05, 0.1) is 16.8 Å². The van der Waals surface area contributed by atoms with E-state index in [1.54, 1.807) is 30.7 Å². The molecule has 4 rings (SSSR count). The Morgan fingerprint density at radius 3 is 2.71 bits per heavy atom. The number of aromatic amines is 1. The van der Waals surface area contributed by atoms with Crippen LogP contribution < -0.4 is 10.6 Å². The SMILES string of the molecule is CS(=O)(=O)c1cccc(C(=O)Nc2ccc(F)c(CCc3cc(Nc4cnccn4)[nH]n3)c2)c1. The summed E-state index contributed by atoms with van der Waals surface area (Å²) in [6, 6.07) is 11.8. The number of hydrogen-bond acceptors (Lipinski definition) is 7. The third kappa shape index (κ3) is 5.81. The minimum Gasteiger partial charge on any atom is -0.324 e. The van der Waals surface area contributed by atoms with Gasteiger partial charge >= 0.3 is 0 Å². The van der Waals surface area contributed by atoms with Crippen molar-refractivity contribution in [3.63, 3.8) is 0 Å². The molecule has 34 heavy (non-hydrogen) atoms. The highest BCUT2D eigenvalue weighted by Crippen LogP contribution is 2.20. The van der Waals surface area contributed by atoms with E-state index >= 15 is 0 Å². The van der Waals surface area contributed by atoms with Crippen LogP contribution in [0.4, 0.5) is 21.7 Å². The molecule has 0 fully saturated rings. The van der Waals surface area contributed by atoms with Crippen LogP contribution in [0.2, 0.25) is 0 Å². The van der Waals surface area contributed by atoms with Gasteiger partial charge in [-0.05, 0) is 54.8 Å². The number of anilines is 3. The van der Waals surface area contributed by atoms with Crippen molar-refractivity contribution in [1.29, 1.82) is 0 Å². The van der Waals surface area contributed by atoms with Gasteiger partial charge in [-0.2, -0.15) is 5.10 Å². The van der Waals surface area contributed by atoms with Crippen LogP contribution >= 0.6 is 0 Å². The molecule has 0 spiro atoms. The number of H-pyrrole nitrogens is 1. The fourth-order valence-electron chi connectivity index (χ4n) is 3.23. The molecule has 0 bridgehead atoms. The van der Waals surface area contributed by atoms with Crippen LogP contribution in [-0.2, 0) is 22.7 Å². The first-order chi connectivity index (χ1) is 16.3. The summed E-state index contributed by atoms with van der Waals surface area (Å²) in [4.78, 5) is 20.7. The van der Waals surface area contributed by atoms with E-state index in [1.807, 2.05) is 0 Å². The zero-order valence-corrected chi connectivity index (χ0v) is 18.9. The van der Waals surface area contributed by atoms with Gasteiger partial charge in [0.15, 0.2) is 9.84 Å². The van der Waals surface area contributed by atoms with Crippen LogP contribution in [0.3, 0.4) is 0 Å². The predicted octanol–water partition coefficient (Wildman–Crippen LogP) is 3.52. The first-order valence-corrected chi connectivity index (χ1v) is 12.1. The summed E-state index contributed by atoms with van der Waals surface area (Å²) < 4.78 is 37.9. The quantitative estimate of drug-likeness (QED) is 0.352. The van der Waals surface area contributed by atoms with Crippen molar-refractivity contribution in [2.75, 3.05) is 16.9 Å². The molecule has 0 atom stereocenters. The highest BCUT2D eigenvalue weighted by molar-refractivity contribution is 7.90. The van der Waals surface area contributed by atoms with Gasteiger partial charge in [-0.3, -0.25) is 14.9 Å². The lowest BCUT2D eigenvalue weighted by atomic mass is 10.1. The molecule has 1 amide bonds. The van der Waals surface area contributed by atoms with Crippen LogP contribution in [0, 0.1) is 5.82 Å². The summed E-state index contributed by atoms with van der Waals surface area (Å²) in [6.45, 7) is 0. The van der Waals surface area contributed by atoms with Gasteiger partial charge < -0.3 is 10.6 Å². The normalized spacial score (nSPS) is 11.2. The lowest BCUT2D eigenvalue weighted by Gasteiger charge is -2.09. The van der Waals surface area contributed by atoms with E-state index in [2.05, 4.69) is 30.8 Å². The average molecular weight is 481 g/mol. The van der Waals surface area contributed by atoms with E-state index in [9.17, 15) is 17.6 Å². The zero-order valence-electron chi connectivity index (χ0n) is 18.1. The van der Waals surface area contributed by atoms with Crippen LogP contribution in [0.5, 0.6) is 0 Å². The molecule has 2 aromatic carbocycles. The maximum Gasteiger partial charge on any atom is 0.255 e. The Balaban J connectivity index is 1.41. The third-order valence-electron chi connectivity index (χ3n) is 4.94. The summed E-state index contributed by atoms with van der Waals surface area (Å²) in [6.07, 6.45) is 6.60. The zero-order chi connectivity index (χ0) is 24.1. The molecule has 0 aliphatic rings. The number of aromatic nitrogens is 4. The number of sulfone groups is 1. The first-order valence-electron chi connectivity index (χ1n) is 10.3. The van der Waals surface area contributed by atoms with Crippen molar-refractivity contribution < 1.29 is 17.6 Å². The van der Waals surface area contributed by atoms with E-state index in [-0.39, 0.29) is 10.5 Å². The van der Waals surface area contributed by atoms with Gasteiger partial charge in [0, 0.05) is 36.0 Å². The molecule has 174 valence electrons.